The van der Waals surface area contributed by atoms with Gasteiger partial charge in [-0.05, 0) is 38.5 Å². The van der Waals surface area contributed by atoms with Gasteiger partial charge in [-0.15, -0.1) is 0 Å². The number of hydrogen-bond donors (Lipinski definition) is 0. The molecule has 8 heteroatoms. The molecule has 8 nitrogen and oxygen atoms in total. The monoisotopic (exact) mass is 450 g/mol. The summed E-state index contributed by atoms with van der Waals surface area (Å²) in [7, 11) is 0. The molecule has 186 valence electrons. The highest BCUT2D eigenvalue weighted by Gasteiger charge is 2.02. The highest BCUT2D eigenvalue weighted by atomic mass is 16.5. The highest BCUT2D eigenvalue weighted by Crippen LogP contribution is 1.99. The van der Waals surface area contributed by atoms with E-state index in [0.717, 1.165) is 25.0 Å². The highest BCUT2D eigenvalue weighted by molar-refractivity contribution is 5.91. The first-order valence-corrected chi connectivity index (χ1v) is 9.26. The number of hydrogen-bond acceptors (Lipinski definition) is 8. The Bertz CT molecular complexity index is 486. The van der Waals surface area contributed by atoms with Crippen molar-refractivity contribution in [2.45, 2.75) is 88.5 Å². The third kappa shape index (κ3) is 29.9. The standard InChI is InChI=1S/C19H30O8.4CH4/c1-3-17(21)25-13-7-5-9-15-27-19(23)11-10-18(22)26-14-8-4-6-12-24-16(2)20;;;;/h10-11H,3-9,12-15H2,1-2H3;4*1H4/b11-10-;;;;. The molecule has 0 fully saturated rings. The van der Waals surface area contributed by atoms with Crippen LogP contribution < -0.4 is 0 Å². The van der Waals surface area contributed by atoms with Gasteiger partial charge in [0.15, 0.2) is 0 Å². The van der Waals surface area contributed by atoms with Gasteiger partial charge in [0.25, 0.3) is 0 Å². The Balaban J connectivity index is -0.000000563. The first kappa shape index (κ1) is 39.1. The second-order valence-corrected chi connectivity index (χ2v) is 5.70. The van der Waals surface area contributed by atoms with Gasteiger partial charge in [-0.1, -0.05) is 36.6 Å². The number of esters is 4. The normalized spacial score (nSPS) is 9.10. The lowest BCUT2D eigenvalue weighted by Gasteiger charge is -2.04. The molecule has 0 unspecified atom stereocenters. The molecule has 0 amide bonds. The summed E-state index contributed by atoms with van der Waals surface area (Å²) in [5.74, 6) is -1.74. The number of ether oxygens (including phenoxy) is 4. The average molecular weight is 451 g/mol. The van der Waals surface area contributed by atoms with Crippen molar-refractivity contribution in [1.82, 2.24) is 0 Å². The van der Waals surface area contributed by atoms with E-state index in [1.165, 1.54) is 6.92 Å². The van der Waals surface area contributed by atoms with Crippen molar-refractivity contribution >= 4 is 23.9 Å². The summed E-state index contributed by atoms with van der Waals surface area (Å²) in [6, 6.07) is 0. The van der Waals surface area contributed by atoms with Crippen molar-refractivity contribution in [3.63, 3.8) is 0 Å². The van der Waals surface area contributed by atoms with Crippen molar-refractivity contribution in [3.8, 4) is 0 Å². The van der Waals surface area contributed by atoms with Gasteiger partial charge in [-0.3, -0.25) is 9.59 Å². The Morgan fingerprint density at radius 3 is 1.29 bits per heavy atom. The zero-order valence-electron chi connectivity index (χ0n) is 16.2. The van der Waals surface area contributed by atoms with Gasteiger partial charge in [-0.2, -0.15) is 0 Å². The smallest absolute Gasteiger partial charge is 0.331 e. The Labute approximate surface area is 189 Å². The molecule has 0 N–H and O–H groups in total. The minimum Gasteiger partial charge on any atom is -0.466 e. The van der Waals surface area contributed by atoms with E-state index < -0.39 is 11.9 Å². The molecule has 0 aliphatic heterocycles. The molecule has 0 radical (unpaired) electrons. The molecule has 0 aromatic heterocycles. The van der Waals surface area contributed by atoms with Gasteiger partial charge in [0, 0.05) is 25.5 Å². The number of unbranched alkanes of at least 4 members (excludes halogenated alkanes) is 4. The van der Waals surface area contributed by atoms with Crippen LogP contribution in [0.15, 0.2) is 12.2 Å². The summed E-state index contributed by atoms with van der Waals surface area (Å²) in [5.41, 5.74) is 0. The first-order chi connectivity index (χ1) is 13.0. The van der Waals surface area contributed by atoms with Gasteiger partial charge in [0.2, 0.25) is 0 Å². The Hall–Kier alpha value is -2.38. The molecule has 0 saturated heterocycles. The molecule has 0 atom stereocenters. The van der Waals surface area contributed by atoms with Crippen LogP contribution in [-0.4, -0.2) is 50.3 Å². The molecule has 0 heterocycles. The van der Waals surface area contributed by atoms with Crippen LogP contribution in [0, 0.1) is 0 Å². The zero-order chi connectivity index (χ0) is 20.3. The molecule has 0 rings (SSSR count). The van der Waals surface area contributed by atoms with Crippen molar-refractivity contribution in [2.24, 2.45) is 0 Å². The maximum absolute atomic E-state index is 11.4. The van der Waals surface area contributed by atoms with E-state index in [0.29, 0.717) is 45.3 Å². The average Bonchev–Trinajstić information content (AvgIpc) is 2.64. The van der Waals surface area contributed by atoms with Crippen LogP contribution in [0.5, 0.6) is 0 Å². The van der Waals surface area contributed by atoms with E-state index in [9.17, 15) is 19.2 Å². The predicted molar refractivity (Wildman–Crippen MR) is 124 cm³/mol. The molecule has 0 spiro atoms. The lowest BCUT2D eigenvalue weighted by atomic mass is 10.2. The summed E-state index contributed by atoms with van der Waals surface area (Å²) in [4.78, 5) is 44.3. The maximum Gasteiger partial charge on any atom is 0.331 e. The minimum atomic E-state index is -0.607. The lowest BCUT2D eigenvalue weighted by Crippen LogP contribution is -2.07. The van der Waals surface area contributed by atoms with E-state index in [1.54, 1.807) is 6.92 Å². The Kier molecular flexibility index (Phi) is 34.9. The Morgan fingerprint density at radius 2 is 0.935 bits per heavy atom. The second kappa shape index (κ2) is 27.6. The van der Waals surface area contributed by atoms with E-state index >= 15 is 0 Å². The summed E-state index contributed by atoms with van der Waals surface area (Å²) in [6.45, 7) is 4.30. The summed E-state index contributed by atoms with van der Waals surface area (Å²) in [6.07, 6.45) is 6.70. The van der Waals surface area contributed by atoms with Crippen molar-refractivity contribution in [1.29, 1.82) is 0 Å². The molecule has 0 aliphatic rings. The number of carbonyl (C=O) groups is 4. The summed E-state index contributed by atoms with van der Waals surface area (Å²) >= 11 is 0. The van der Waals surface area contributed by atoms with Crippen LogP contribution >= 0.6 is 0 Å². The van der Waals surface area contributed by atoms with Crippen LogP contribution in [0.2, 0.25) is 0 Å². The summed E-state index contributed by atoms with van der Waals surface area (Å²) < 4.78 is 19.6. The molecule has 0 bridgehead atoms. The van der Waals surface area contributed by atoms with Crippen LogP contribution in [-0.2, 0) is 38.1 Å². The fraction of sp³-hybridized carbons (Fsp3) is 0.739. The minimum absolute atomic E-state index is 0. The third-order valence-corrected chi connectivity index (χ3v) is 3.28. The first-order valence-electron chi connectivity index (χ1n) is 9.26. The molecule has 0 aromatic rings. The quantitative estimate of drug-likeness (QED) is 0.148. The van der Waals surface area contributed by atoms with Crippen LogP contribution in [0.3, 0.4) is 0 Å². The fourth-order valence-corrected chi connectivity index (χ4v) is 1.84. The summed E-state index contributed by atoms with van der Waals surface area (Å²) in [5, 5.41) is 0. The van der Waals surface area contributed by atoms with Gasteiger partial charge in [-0.25, -0.2) is 9.59 Å². The SMILES string of the molecule is C.C.C.C.CCC(=O)OCCCCCOC(=O)/C=C\C(=O)OCCCCCOC(C)=O. The fourth-order valence-electron chi connectivity index (χ4n) is 1.84. The van der Waals surface area contributed by atoms with E-state index in [-0.39, 0.29) is 54.9 Å². The zero-order valence-corrected chi connectivity index (χ0v) is 16.2. The largest absolute Gasteiger partial charge is 0.466 e. The van der Waals surface area contributed by atoms with Crippen LogP contribution in [0.1, 0.15) is 88.5 Å². The Morgan fingerprint density at radius 1 is 0.581 bits per heavy atom. The van der Waals surface area contributed by atoms with Gasteiger partial charge < -0.3 is 18.9 Å². The molecular weight excluding hydrogens is 404 g/mol. The van der Waals surface area contributed by atoms with Gasteiger partial charge in [0.05, 0.1) is 26.4 Å². The maximum atomic E-state index is 11.4. The molecule has 31 heavy (non-hydrogen) atoms. The molecule has 0 saturated carbocycles. The number of carbonyl (C=O) groups excluding carboxylic acids is 4. The van der Waals surface area contributed by atoms with Crippen LogP contribution in [0.4, 0.5) is 0 Å². The van der Waals surface area contributed by atoms with E-state index in [1.807, 2.05) is 0 Å². The lowest BCUT2D eigenvalue weighted by molar-refractivity contribution is -0.143. The van der Waals surface area contributed by atoms with Crippen molar-refractivity contribution in [2.75, 3.05) is 26.4 Å². The van der Waals surface area contributed by atoms with E-state index in [2.05, 4.69) is 0 Å². The third-order valence-electron chi connectivity index (χ3n) is 3.28. The topological polar surface area (TPSA) is 105 Å². The van der Waals surface area contributed by atoms with E-state index in [4.69, 9.17) is 18.9 Å². The van der Waals surface area contributed by atoms with Gasteiger partial charge >= 0.3 is 23.9 Å². The molecule has 0 aliphatic carbocycles. The van der Waals surface area contributed by atoms with Crippen LogP contribution in [0.25, 0.3) is 0 Å². The molecular formula is C23H46O8. The van der Waals surface area contributed by atoms with Crippen molar-refractivity contribution in [3.05, 3.63) is 12.2 Å². The molecule has 0 aromatic carbocycles. The van der Waals surface area contributed by atoms with Gasteiger partial charge in [0.1, 0.15) is 0 Å². The number of rotatable bonds is 15. The second-order valence-electron chi connectivity index (χ2n) is 5.70. The van der Waals surface area contributed by atoms with Crippen molar-refractivity contribution < 1.29 is 38.1 Å². The predicted octanol–water partition coefficient (Wildman–Crippen LogP) is 5.03.